The highest BCUT2D eigenvalue weighted by atomic mass is 19.1. The van der Waals surface area contributed by atoms with E-state index in [1.807, 2.05) is 0 Å². The third-order valence-corrected chi connectivity index (χ3v) is 3.21. The molecule has 0 atom stereocenters. The van der Waals surface area contributed by atoms with E-state index in [-0.39, 0.29) is 36.0 Å². The predicted octanol–water partition coefficient (Wildman–Crippen LogP) is 0.517. The van der Waals surface area contributed by atoms with E-state index in [1.54, 1.807) is 4.90 Å². The highest BCUT2D eigenvalue weighted by Gasteiger charge is 2.30. The van der Waals surface area contributed by atoms with Crippen molar-refractivity contribution in [2.45, 2.75) is 6.42 Å². The standard InChI is InChI=1S/C13H14FNO4/c14-11-3-10(13(18)19)2-1-9(11)4-12(17)15-5-8(6-15)7-16/h1-3,8,16H,4-7H2,(H,18,19). The number of halogens is 1. The van der Waals surface area contributed by atoms with Crippen LogP contribution < -0.4 is 0 Å². The van der Waals surface area contributed by atoms with Gasteiger partial charge in [-0.3, -0.25) is 4.79 Å². The number of carboxylic acids is 1. The van der Waals surface area contributed by atoms with E-state index in [2.05, 4.69) is 0 Å². The maximum absolute atomic E-state index is 13.6. The number of carbonyl (C=O) groups is 2. The van der Waals surface area contributed by atoms with Gasteiger partial charge in [-0.15, -0.1) is 0 Å². The Kier molecular flexibility index (Phi) is 3.80. The molecule has 0 bridgehead atoms. The van der Waals surface area contributed by atoms with Gasteiger partial charge in [0.1, 0.15) is 5.82 Å². The first-order valence-electron chi connectivity index (χ1n) is 5.91. The summed E-state index contributed by atoms with van der Waals surface area (Å²) in [7, 11) is 0. The van der Waals surface area contributed by atoms with Crippen molar-refractivity contribution in [1.29, 1.82) is 0 Å². The van der Waals surface area contributed by atoms with Gasteiger partial charge < -0.3 is 15.1 Å². The van der Waals surface area contributed by atoms with Crippen LogP contribution in [-0.4, -0.2) is 46.7 Å². The Morgan fingerprint density at radius 1 is 1.37 bits per heavy atom. The number of aliphatic hydroxyl groups is 1. The van der Waals surface area contributed by atoms with E-state index >= 15 is 0 Å². The smallest absolute Gasteiger partial charge is 0.335 e. The third kappa shape index (κ3) is 2.90. The molecule has 19 heavy (non-hydrogen) atoms. The molecule has 2 N–H and O–H groups in total. The molecular formula is C13H14FNO4. The van der Waals surface area contributed by atoms with Crippen LogP contribution >= 0.6 is 0 Å². The van der Waals surface area contributed by atoms with Gasteiger partial charge in [0.15, 0.2) is 0 Å². The second kappa shape index (κ2) is 5.36. The van der Waals surface area contributed by atoms with E-state index < -0.39 is 11.8 Å². The van der Waals surface area contributed by atoms with E-state index in [9.17, 15) is 14.0 Å². The molecule has 102 valence electrons. The van der Waals surface area contributed by atoms with Gasteiger partial charge in [0.25, 0.3) is 0 Å². The molecule has 0 saturated carbocycles. The fourth-order valence-corrected chi connectivity index (χ4v) is 1.99. The highest BCUT2D eigenvalue weighted by Crippen LogP contribution is 2.18. The summed E-state index contributed by atoms with van der Waals surface area (Å²) in [6.45, 7) is 1.03. The fourth-order valence-electron chi connectivity index (χ4n) is 1.99. The lowest BCUT2D eigenvalue weighted by molar-refractivity contribution is -0.137. The number of carboxylic acid groups (broad SMARTS) is 1. The number of aromatic carboxylic acids is 1. The average Bonchev–Trinajstić information content (AvgIpc) is 2.30. The highest BCUT2D eigenvalue weighted by molar-refractivity contribution is 5.88. The van der Waals surface area contributed by atoms with Crippen molar-refractivity contribution in [2.75, 3.05) is 19.7 Å². The Bertz CT molecular complexity index is 511. The summed E-state index contributed by atoms with van der Waals surface area (Å²) in [6.07, 6.45) is -0.0934. The molecule has 0 radical (unpaired) electrons. The predicted molar refractivity (Wildman–Crippen MR) is 64.2 cm³/mol. The largest absolute Gasteiger partial charge is 0.478 e. The first kappa shape index (κ1) is 13.5. The van der Waals surface area contributed by atoms with Gasteiger partial charge in [0.2, 0.25) is 5.91 Å². The number of aliphatic hydroxyl groups excluding tert-OH is 1. The zero-order chi connectivity index (χ0) is 14.0. The number of likely N-dealkylation sites (tertiary alicyclic amines) is 1. The number of rotatable bonds is 4. The summed E-state index contributed by atoms with van der Waals surface area (Å²) in [4.78, 5) is 24.0. The van der Waals surface area contributed by atoms with Gasteiger partial charge in [-0.25, -0.2) is 9.18 Å². The maximum Gasteiger partial charge on any atom is 0.335 e. The van der Waals surface area contributed by atoms with Crippen molar-refractivity contribution in [3.05, 3.63) is 35.1 Å². The van der Waals surface area contributed by atoms with Gasteiger partial charge in [0, 0.05) is 25.6 Å². The Balaban J connectivity index is 2.00. The maximum atomic E-state index is 13.6. The molecule has 1 heterocycles. The van der Waals surface area contributed by atoms with Crippen LogP contribution in [0.2, 0.25) is 0 Å². The Morgan fingerprint density at radius 3 is 2.58 bits per heavy atom. The average molecular weight is 267 g/mol. The second-order valence-corrected chi connectivity index (χ2v) is 4.64. The molecule has 0 aliphatic carbocycles. The third-order valence-electron chi connectivity index (χ3n) is 3.21. The van der Waals surface area contributed by atoms with Crippen molar-refractivity contribution < 1.29 is 24.2 Å². The molecule has 1 aliphatic heterocycles. The number of carbonyl (C=O) groups excluding carboxylic acids is 1. The Hall–Kier alpha value is -1.95. The van der Waals surface area contributed by atoms with E-state index in [4.69, 9.17) is 10.2 Å². The van der Waals surface area contributed by atoms with Crippen molar-refractivity contribution in [3.8, 4) is 0 Å². The van der Waals surface area contributed by atoms with Crippen LogP contribution in [0.5, 0.6) is 0 Å². The Morgan fingerprint density at radius 2 is 2.05 bits per heavy atom. The van der Waals surface area contributed by atoms with E-state index in [1.165, 1.54) is 12.1 Å². The van der Waals surface area contributed by atoms with Crippen molar-refractivity contribution in [3.63, 3.8) is 0 Å². The van der Waals surface area contributed by atoms with Gasteiger partial charge in [-0.1, -0.05) is 6.07 Å². The van der Waals surface area contributed by atoms with Gasteiger partial charge in [0.05, 0.1) is 12.0 Å². The molecular weight excluding hydrogens is 253 g/mol. The lowest BCUT2D eigenvalue weighted by Crippen LogP contribution is -2.51. The van der Waals surface area contributed by atoms with E-state index in [0.29, 0.717) is 13.1 Å². The zero-order valence-corrected chi connectivity index (χ0v) is 10.2. The first-order valence-corrected chi connectivity index (χ1v) is 5.91. The molecule has 0 unspecified atom stereocenters. The molecule has 1 saturated heterocycles. The fraction of sp³-hybridized carbons (Fsp3) is 0.385. The summed E-state index contributed by atoms with van der Waals surface area (Å²) >= 11 is 0. The van der Waals surface area contributed by atoms with Gasteiger partial charge >= 0.3 is 5.97 Å². The number of amides is 1. The molecule has 1 fully saturated rings. The number of nitrogens with zero attached hydrogens (tertiary/aromatic N) is 1. The van der Waals surface area contributed by atoms with Crippen LogP contribution in [0.4, 0.5) is 4.39 Å². The minimum Gasteiger partial charge on any atom is -0.478 e. The zero-order valence-electron chi connectivity index (χ0n) is 10.2. The van der Waals surface area contributed by atoms with Crippen LogP contribution in [0.25, 0.3) is 0 Å². The monoisotopic (exact) mass is 267 g/mol. The molecule has 5 nitrogen and oxygen atoms in total. The van der Waals surface area contributed by atoms with Crippen molar-refractivity contribution >= 4 is 11.9 Å². The molecule has 0 spiro atoms. The summed E-state index contributed by atoms with van der Waals surface area (Å²) in [6, 6.07) is 3.51. The topological polar surface area (TPSA) is 77.8 Å². The lowest BCUT2D eigenvalue weighted by atomic mass is 9.99. The number of benzene rings is 1. The molecule has 1 amide bonds. The molecule has 1 aromatic rings. The van der Waals surface area contributed by atoms with Gasteiger partial charge in [-0.2, -0.15) is 0 Å². The summed E-state index contributed by atoms with van der Waals surface area (Å²) in [5, 5.41) is 17.6. The van der Waals surface area contributed by atoms with Crippen LogP contribution in [0, 0.1) is 11.7 Å². The van der Waals surface area contributed by atoms with Crippen molar-refractivity contribution in [1.82, 2.24) is 4.90 Å². The van der Waals surface area contributed by atoms with Crippen LogP contribution in [-0.2, 0) is 11.2 Å². The Labute approximate surface area is 109 Å². The van der Waals surface area contributed by atoms with Crippen LogP contribution in [0.15, 0.2) is 18.2 Å². The minimum atomic E-state index is -1.20. The molecule has 1 aromatic carbocycles. The summed E-state index contributed by atoms with van der Waals surface area (Å²) < 4.78 is 13.6. The molecule has 2 rings (SSSR count). The minimum absolute atomic E-state index is 0.0471. The SMILES string of the molecule is O=C(O)c1ccc(CC(=O)N2CC(CO)C2)c(F)c1. The molecule has 1 aliphatic rings. The van der Waals surface area contributed by atoms with Crippen LogP contribution in [0.1, 0.15) is 15.9 Å². The second-order valence-electron chi connectivity index (χ2n) is 4.64. The molecule has 6 heteroatoms. The first-order chi connectivity index (χ1) is 9.01. The van der Waals surface area contributed by atoms with Crippen molar-refractivity contribution in [2.24, 2.45) is 5.92 Å². The molecule has 0 aromatic heterocycles. The number of hydrogen-bond acceptors (Lipinski definition) is 3. The normalized spacial score (nSPS) is 15.2. The van der Waals surface area contributed by atoms with Crippen LogP contribution in [0.3, 0.4) is 0 Å². The quantitative estimate of drug-likeness (QED) is 0.833. The summed E-state index contributed by atoms with van der Waals surface area (Å²) in [5.41, 5.74) is 0.0421. The van der Waals surface area contributed by atoms with E-state index in [0.717, 1.165) is 6.07 Å². The number of hydrogen-bond donors (Lipinski definition) is 2. The lowest BCUT2D eigenvalue weighted by Gasteiger charge is -2.38. The van der Waals surface area contributed by atoms with Gasteiger partial charge in [-0.05, 0) is 17.7 Å². The summed E-state index contributed by atoms with van der Waals surface area (Å²) in [5.74, 6) is -1.99.